The van der Waals surface area contributed by atoms with Gasteiger partial charge in [-0.05, 0) is 49.6 Å². The van der Waals surface area contributed by atoms with Crippen molar-refractivity contribution in [3.05, 3.63) is 42.0 Å². The van der Waals surface area contributed by atoms with Gasteiger partial charge in [0, 0.05) is 24.8 Å². The number of hydrogen-bond donors (Lipinski definition) is 1. The zero-order valence-electron chi connectivity index (χ0n) is 16.7. The van der Waals surface area contributed by atoms with Crippen LogP contribution in [0.4, 0.5) is 5.69 Å². The highest BCUT2D eigenvalue weighted by Crippen LogP contribution is 2.35. The predicted molar refractivity (Wildman–Crippen MR) is 110 cm³/mol. The summed E-state index contributed by atoms with van der Waals surface area (Å²) in [6.45, 7) is 2.76. The number of nitrogens with zero attached hydrogens (tertiary/aromatic N) is 1. The Hall–Kier alpha value is -2.78. The first-order chi connectivity index (χ1) is 14.4. The molecule has 2 aliphatic rings. The minimum absolute atomic E-state index is 0.162. The number of piperidine rings is 1. The van der Waals surface area contributed by atoms with Gasteiger partial charge < -0.3 is 19.5 Å². The number of rotatable bonds is 6. The molecular weight excluding hydrogens is 408 g/mol. The third-order valence-electron chi connectivity index (χ3n) is 5.12. The van der Waals surface area contributed by atoms with Gasteiger partial charge in [-0.1, -0.05) is 12.5 Å². The third-order valence-corrected chi connectivity index (χ3v) is 7.16. The van der Waals surface area contributed by atoms with Crippen LogP contribution < -0.4 is 19.5 Å². The Balaban J connectivity index is 1.42. The van der Waals surface area contributed by atoms with Crippen LogP contribution in [0.5, 0.6) is 17.2 Å². The average Bonchev–Trinajstić information content (AvgIpc) is 3.22. The van der Waals surface area contributed by atoms with Crippen molar-refractivity contribution in [1.82, 2.24) is 4.31 Å². The summed E-state index contributed by atoms with van der Waals surface area (Å²) in [6.07, 6.45) is 2.78. The van der Waals surface area contributed by atoms with Gasteiger partial charge >= 0.3 is 0 Å². The number of carbonyl (C=O) groups excluding carboxylic acids is 1. The lowest BCUT2D eigenvalue weighted by Crippen LogP contribution is -2.36. The molecule has 1 fully saturated rings. The van der Waals surface area contributed by atoms with E-state index >= 15 is 0 Å². The van der Waals surface area contributed by atoms with Crippen LogP contribution in [-0.4, -0.2) is 45.1 Å². The molecule has 1 amide bonds. The molecule has 1 N–H and O–H groups in total. The first-order valence-electron chi connectivity index (χ1n) is 9.86. The van der Waals surface area contributed by atoms with E-state index in [9.17, 15) is 13.2 Å². The van der Waals surface area contributed by atoms with Crippen molar-refractivity contribution >= 4 is 21.6 Å². The molecular formula is C21H24N2O6S. The zero-order chi connectivity index (χ0) is 21.1. The van der Waals surface area contributed by atoms with Crippen LogP contribution in [0, 0.1) is 6.92 Å². The predicted octanol–water partition coefficient (Wildman–Crippen LogP) is 2.92. The highest BCUT2D eigenvalue weighted by atomic mass is 32.2. The summed E-state index contributed by atoms with van der Waals surface area (Å²) in [7, 11) is -3.59. The molecule has 2 heterocycles. The molecule has 8 nitrogen and oxygen atoms in total. The van der Waals surface area contributed by atoms with E-state index in [1.165, 1.54) is 10.4 Å². The highest BCUT2D eigenvalue weighted by molar-refractivity contribution is 7.89. The topological polar surface area (TPSA) is 94.2 Å². The molecule has 0 aromatic heterocycles. The van der Waals surface area contributed by atoms with Gasteiger partial charge in [0.25, 0.3) is 5.91 Å². The molecule has 2 aromatic rings. The SMILES string of the molecule is Cc1ccc(NC(=O)COc2ccc3c(c2)OCO3)cc1S(=O)(=O)N1CCCCC1. The molecule has 0 atom stereocenters. The summed E-state index contributed by atoms with van der Waals surface area (Å²) < 4.78 is 43.6. The quantitative estimate of drug-likeness (QED) is 0.754. The van der Waals surface area contributed by atoms with Crippen molar-refractivity contribution < 1.29 is 27.4 Å². The fourth-order valence-corrected chi connectivity index (χ4v) is 5.28. The van der Waals surface area contributed by atoms with Crippen LogP contribution in [0.15, 0.2) is 41.3 Å². The van der Waals surface area contributed by atoms with E-state index in [2.05, 4.69) is 5.32 Å². The average molecular weight is 432 g/mol. The van der Waals surface area contributed by atoms with E-state index in [1.807, 2.05) is 0 Å². The van der Waals surface area contributed by atoms with E-state index in [4.69, 9.17) is 14.2 Å². The van der Waals surface area contributed by atoms with E-state index in [0.717, 1.165) is 19.3 Å². The van der Waals surface area contributed by atoms with Crippen molar-refractivity contribution in [2.75, 3.05) is 31.8 Å². The largest absolute Gasteiger partial charge is 0.484 e. The van der Waals surface area contributed by atoms with E-state index in [0.29, 0.717) is 41.6 Å². The van der Waals surface area contributed by atoms with Crippen molar-refractivity contribution in [2.24, 2.45) is 0 Å². The lowest BCUT2D eigenvalue weighted by molar-refractivity contribution is -0.118. The molecule has 4 rings (SSSR count). The normalized spacial score (nSPS) is 16.3. The van der Waals surface area contributed by atoms with Crippen LogP contribution in [-0.2, 0) is 14.8 Å². The number of aryl methyl sites for hydroxylation is 1. The van der Waals surface area contributed by atoms with E-state index < -0.39 is 15.9 Å². The first kappa shape index (κ1) is 20.5. The number of nitrogens with one attached hydrogen (secondary N) is 1. The maximum absolute atomic E-state index is 13.0. The Bertz CT molecular complexity index is 1050. The van der Waals surface area contributed by atoms with E-state index in [-0.39, 0.29) is 18.3 Å². The number of amides is 1. The second-order valence-corrected chi connectivity index (χ2v) is 9.20. The highest BCUT2D eigenvalue weighted by Gasteiger charge is 2.27. The minimum atomic E-state index is -3.59. The number of carbonyl (C=O) groups is 1. The van der Waals surface area contributed by atoms with Crippen molar-refractivity contribution in [1.29, 1.82) is 0 Å². The number of hydrogen-bond acceptors (Lipinski definition) is 6. The van der Waals surface area contributed by atoms with Crippen LogP contribution in [0.2, 0.25) is 0 Å². The van der Waals surface area contributed by atoms with Crippen LogP contribution in [0.1, 0.15) is 24.8 Å². The van der Waals surface area contributed by atoms with Gasteiger partial charge in [0.1, 0.15) is 5.75 Å². The maximum atomic E-state index is 13.0. The number of fused-ring (bicyclic) bond motifs is 1. The Labute approximate surface area is 175 Å². The van der Waals surface area contributed by atoms with Crippen molar-refractivity contribution in [3.63, 3.8) is 0 Å². The van der Waals surface area contributed by atoms with E-state index in [1.54, 1.807) is 37.3 Å². The Morgan fingerprint density at radius 1 is 1.07 bits per heavy atom. The van der Waals surface area contributed by atoms with Crippen LogP contribution >= 0.6 is 0 Å². The first-order valence-corrected chi connectivity index (χ1v) is 11.3. The fraction of sp³-hybridized carbons (Fsp3) is 0.381. The molecule has 0 unspecified atom stereocenters. The summed E-state index contributed by atoms with van der Waals surface area (Å²) in [6, 6.07) is 9.96. The molecule has 0 spiro atoms. The second-order valence-electron chi connectivity index (χ2n) is 7.30. The maximum Gasteiger partial charge on any atom is 0.262 e. The van der Waals surface area contributed by atoms with Gasteiger partial charge in [-0.25, -0.2) is 8.42 Å². The van der Waals surface area contributed by atoms with Gasteiger partial charge in [-0.15, -0.1) is 0 Å². The number of anilines is 1. The molecule has 2 aromatic carbocycles. The van der Waals surface area contributed by atoms with Gasteiger partial charge in [-0.3, -0.25) is 4.79 Å². The molecule has 2 aliphatic heterocycles. The third kappa shape index (κ3) is 4.36. The molecule has 0 saturated carbocycles. The number of sulfonamides is 1. The lowest BCUT2D eigenvalue weighted by atomic mass is 10.2. The summed E-state index contributed by atoms with van der Waals surface area (Å²) >= 11 is 0. The molecule has 0 bridgehead atoms. The summed E-state index contributed by atoms with van der Waals surface area (Å²) in [4.78, 5) is 12.5. The second kappa shape index (κ2) is 8.53. The Kier molecular flexibility index (Phi) is 5.83. The smallest absolute Gasteiger partial charge is 0.262 e. The zero-order valence-corrected chi connectivity index (χ0v) is 17.5. The number of benzene rings is 2. The molecule has 0 aliphatic carbocycles. The van der Waals surface area contributed by atoms with Gasteiger partial charge in [-0.2, -0.15) is 4.31 Å². The van der Waals surface area contributed by atoms with Gasteiger partial charge in [0.05, 0.1) is 4.90 Å². The lowest BCUT2D eigenvalue weighted by Gasteiger charge is -2.26. The monoisotopic (exact) mass is 432 g/mol. The van der Waals surface area contributed by atoms with Crippen LogP contribution in [0.3, 0.4) is 0 Å². The molecule has 160 valence electrons. The van der Waals surface area contributed by atoms with Crippen molar-refractivity contribution in [2.45, 2.75) is 31.1 Å². The van der Waals surface area contributed by atoms with Crippen molar-refractivity contribution in [3.8, 4) is 17.2 Å². The van der Waals surface area contributed by atoms with Gasteiger partial charge in [0.15, 0.2) is 18.1 Å². The fourth-order valence-electron chi connectivity index (χ4n) is 3.51. The summed E-state index contributed by atoms with van der Waals surface area (Å²) in [5.74, 6) is 1.29. The minimum Gasteiger partial charge on any atom is -0.484 e. The Morgan fingerprint density at radius 2 is 1.83 bits per heavy atom. The van der Waals surface area contributed by atoms with Gasteiger partial charge in [0.2, 0.25) is 16.8 Å². The standard InChI is InChI=1S/C21H24N2O6S/c1-15-5-6-16(11-20(15)30(25,26)23-9-3-2-4-10-23)22-21(24)13-27-17-7-8-18-19(12-17)29-14-28-18/h5-8,11-12H,2-4,9-10,13-14H2,1H3,(H,22,24). The molecule has 1 saturated heterocycles. The molecule has 0 radical (unpaired) electrons. The number of ether oxygens (including phenoxy) is 3. The Morgan fingerprint density at radius 3 is 2.63 bits per heavy atom. The summed E-state index contributed by atoms with van der Waals surface area (Å²) in [5, 5.41) is 2.70. The summed E-state index contributed by atoms with van der Waals surface area (Å²) in [5.41, 5.74) is 1.06. The molecule has 9 heteroatoms. The van der Waals surface area contributed by atoms with Crippen LogP contribution in [0.25, 0.3) is 0 Å². The molecule has 30 heavy (non-hydrogen) atoms.